The second-order valence-corrected chi connectivity index (χ2v) is 3.97. The minimum Gasteiger partial charge on any atom is -0.314 e. The van der Waals surface area contributed by atoms with E-state index in [4.69, 9.17) is 0 Å². The van der Waals surface area contributed by atoms with Crippen LogP contribution in [0.15, 0.2) is 11.6 Å². The molecule has 0 saturated heterocycles. The molecule has 0 atom stereocenters. The van der Waals surface area contributed by atoms with Crippen molar-refractivity contribution in [3.05, 3.63) is 11.6 Å². The highest BCUT2D eigenvalue weighted by atomic mass is 14.9. The number of nitrogens with one attached hydrogen (secondary N) is 1. The van der Waals surface area contributed by atoms with Gasteiger partial charge in [-0.2, -0.15) is 0 Å². The second kappa shape index (κ2) is 6.20. The van der Waals surface area contributed by atoms with E-state index in [1.54, 1.807) is 5.57 Å². The molecule has 0 aromatic carbocycles. The van der Waals surface area contributed by atoms with Gasteiger partial charge in [0, 0.05) is 6.04 Å². The van der Waals surface area contributed by atoms with Crippen molar-refractivity contribution in [2.75, 3.05) is 6.54 Å². The zero-order valence-electron chi connectivity index (χ0n) is 9.10. The fourth-order valence-electron chi connectivity index (χ4n) is 1.98. The van der Waals surface area contributed by atoms with Crippen LogP contribution in [0.1, 0.15) is 52.4 Å². The highest BCUT2D eigenvalue weighted by molar-refractivity contribution is 5.07. The van der Waals surface area contributed by atoms with E-state index in [0.29, 0.717) is 0 Å². The minimum atomic E-state index is 0.738. The molecule has 0 bridgehead atoms. The summed E-state index contributed by atoms with van der Waals surface area (Å²) in [7, 11) is 0. The van der Waals surface area contributed by atoms with Crippen molar-refractivity contribution >= 4 is 0 Å². The van der Waals surface area contributed by atoms with Gasteiger partial charge in [0.1, 0.15) is 0 Å². The quantitative estimate of drug-likeness (QED) is 0.620. The summed E-state index contributed by atoms with van der Waals surface area (Å²) in [6.45, 7) is 5.70. The van der Waals surface area contributed by atoms with Crippen LogP contribution in [0.5, 0.6) is 0 Å². The lowest BCUT2D eigenvalue weighted by Crippen LogP contribution is -2.28. The minimum absolute atomic E-state index is 0.738. The van der Waals surface area contributed by atoms with E-state index in [2.05, 4.69) is 25.2 Å². The van der Waals surface area contributed by atoms with E-state index in [9.17, 15) is 0 Å². The van der Waals surface area contributed by atoms with Gasteiger partial charge in [-0.25, -0.2) is 0 Å². The van der Waals surface area contributed by atoms with Gasteiger partial charge >= 0.3 is 0 Å². The Labute approximate surface area is 82.6 Å². The first-order chi connectivity index (χ1) is 6.36. The fourth-order valence-corrected chi connectivity index (χ4v) is 1.98. The van der Waals surface area contributed by atoms with Gasteiger partial charge in [-0.15, -0.1) is 0 Å². The van der Waals surface area contributed by atoms with Crippen molar-refractivity contribution in [1.29, 1.82) is 0 Å². The van der Waals surface area contributed by atoms with Crippen molar-refractivity contribution in [3.8, 4) is 0 Å². The lowest BCUT2D eigenvalue weighted by Gasteiger charge is -2.14. The average molecular weight is 181 g/mol. The zero-order valence-corrected chi connectivity index (χ0v) is 9.10. The molecule has 13 heavy (non-hydrogen) atoms. The molecule has 1 N–H and O–H groups in total. The van der Waals surface area contributed by atoms with Gasteiger partial charge in [0.05, 0.1) is 0 Å². The third kappa shape index (κ3) is 3.95. The molecule has 1 heteroatoms. The molecule has 0 amide bonds. The van der Waals surface area contributed by atoms with Crippen LogP contribution >= 0.6 is 0 Å². The summed E-state index contributed by atoms with van der Waals surface area (Å²) in [6, 6.07) is 0.738. The normalized spacial score (nSPS) is 16.7. The highest BCUT2D eigenvalue weighted by Gasteiger charge is 2.05. The van der Waals surface area contributed by atoms with Crippen molar-refractivity contribution in [3.63, 3.8) is 0 Å². The molecule has 1 aliphatic rings. The van der Waals surface area contributed by atoms with Gasteiger partial charge < -0.3 is 5.32 Å². The molecular formula is C12H23N. The van der Waals surface area contributed by atoms with Crippen LogP contribution in [-0.4, -0.2) is 12.6 Å². The van der Waals surface area contributed by atoms with E-state index in [1.165, 1.54) is 45.1 Å². The highest BCUT2D eigenvalue weighted by Crippen LogP contribution is 2.19. The zero-order chi connectivity index (χ0) is 9.52. The number of allylic oxidation sites excluding steroid dienone is 1. The molecule has 1 rings (SSSR count). The summed E-state index contributed by atoms with van der Waals surface area (Å²) in [4.78, 5) is 0. The van der Waals surface area contributed by atoms with Crippen LogP contribution in [0.2, 0.25) is 0 Å². The molecule has 1 aliphatic carbocycles. The third-order valence-corrected chi connectivity index (χ3v) is 3.00. The monoisotopic (exact) mass is 181 g/mol. The van der Waals surface area contributed by atoms with E-state index >= 15 is 0 Å². The summed E-state index contributed by atoms with van der Waals surface area (Å²) in [6.07, 6.45) is 10.3. The van der Waals surface area contributed by atoms with Gasteiger partial charge in [-0.3, -0.25) is 0 Å². The standard InChI is InChI=1S/C12H23N/c1-3-12(4-2)13-10-9-11-7-5-6-8-11/h7,12-13H,3-6,8-10H2,1-2H3. The Kier molecular flexibility index (Phi) is 5.14. The van der Waals surface area contributed by atoms with Crippen LogP contribution in [0.3, 0.4) is 0 Å². The molecule has 1 nitrogen and oxygen atoms in total. The summed E-state index contributed by atoms with van der Waals surface area (Å²) in [5.74, 6) is 0. The SMILES string of the molecule is CCC(CC)NCCC1=CCCC1. The number of rotatable bonds is 6. The van der Waals surface area contributed by atoms with Gasteiger partial charge in [-0.1, -0.05) is 25.5 Å². The first-order valence-electron chi connectivity index (χ1n) is 5.78. The first-order valence-corrected chi connectivity index (χ1v) is 5.78. The molecule has 0 unspecified atom stereocenters. The van der Waals surface area contributed by atoms with Gasteiger partial charge in [-0.05, 0) is 45.1 Å². The Balaban J connectivity index is 2.05. The summed E-state index contributed by atoms with van der Waals surface area (Å²) in [5, 5.41) is 3.61. The van der Waals surface area contributed by atoms with Gasteiger partial charge in [0.25, 0.3) is 0 Å². The van der Waals surface area contributed by atoms with Crippen molar-refractivity contribution in [2.45, 2.75) is 58.4 Å². The van der Waals surface area contributed by atoms with E-state index in [1.807, 2.05) is 0 Å². The van der Waals surface area contributed by atoms with Crippen molar-refractivity contribution in [2.24, 2.45) is 0 Å². The van der Waals surface area contributed by atoms with Crippen LogP contribution in [-0.2, 0) is 0 Å². The fraction of sp³-hybridized carbons (Fsp3) is 0.833. The summed E-state index contributed by atoms with van der Waals surface area (Å²) < 4.78 is 0. The molecule has 0 radical (unpaired) electrons. The molecule has 0 aromatic rings. The lowest BCUT2D eigenvalue weighted by atomic mass is 10.1. The van der Waals surface area contributed by atoms with Crippen LogP contribution in [0.25, 0.3) is 0 Å². The van der Waals surface area contributed by atoms with E-state index in [0.717, 1.165) is 6.04 Å². The van der Waals surface area contributed by atoms with Crippen molar-refractivity contribution in [1.82, 2.24) is 5.32 Å². The maximum atomic E-state index is 3.61. The van der Waals surface area contributed by atoms with Gasteiger partial charge in [0.2, 0.25) is 0 Å². The molecule has 0 aromatic heterocycles. The van der Waals surface area contributed by atoms with Crippen LogP contribution in [0.4, 0.5) is 0 Å². The maximum absolute atomic E-state index is 3.61. The van der Waals surface area contributed by atoms with E-state index in [-0.39, 0.29) is 0 Å². The second-order valence-electron chi connectivity index (χ2n) is 3.97. The number of hydrogen-bond acceptors (Lipinski definition) is 1. The Morgan fingerprint density at radius 2 is 2.15 bits per heavy atom. The molecular weight excluding hydrogens is 158 g/mol. The first kappa shape index (κ1) is 10.8. The molecule has 0 saturated carbocycles. The summed E-state index contributed by atoms with van der Waals surface area (Å²) in [5.41, 5.74) is 1.68. The molecule has 0 fully saturated rings. The Morgan fingerprint density at radius 1 is 1.38 bits per heavy atom. The van der Waals surface area contributed by atoms with E-state index < -0.39 is 0 Å². The predicted octanol–water partition coefficient (Wildman–Crippen LogP) is 3.27. The number of hydrogen-bond donors (Lipinski definition) is 1. The van der Waals surface area contributed by atoms with Crippen LogP contribution in [0, 0.1) is 0 Å². The van der Waals surface area contributed by atoms with Crippen LogP contribution < -0.4 is 5.32 Å². The third-order valence-electron chi connectivity index (χ3n) is 3.00. The predicted molar refractivity (Wildman–Crippen MR) is 58.9 cm³/mol. The summed E-state index contributed by atoms with van der Waals surface area (Å²) >= 11 is 0. The topological polar surface area (TPSA) is 12.0 Å². The molecule has 76 valence electrons. The van der Waals surface area contributed by atoms with Crippen molar-refractivity contribution < 1.29 is 0 Å². The molecule has 0 aliphatic heterocycles. The lowest BCUT2D eigenvalue weighted by molar-refractivity contribution is 0.486. The average Bonchev–Trinajstić information content (AvgIpc) is 2.65. The molecule has 0 spiro atoms. The Hall–Kier alpha value is -0.300. The largest absolute Gasteiger partial charge is 0.314 e. The maximum Gasteiger partial charge on any atom is 0.00619 e. The molecule has 0 heterocycles. The smallest absolute Gasteiger partial charge is 0.00619 e. The Morgan fingerprint density at radius 3 is 2.69 bits per heavy atom. The van der Waals surface area contributed by atoms with Gasteiger partial charge in [0.15, 0.2) is 0 Å². The Bertz CT molecular complexity index is 157.